The van der Waals surface area contributed by atoms with Crippen LogP contribution in [0.25, 0.3) is 0 Å². The molecule has 0 spiro atoms. The molecule has 1 heterocycles. The summed E-state index contributed by atoms with van der Waals surface area (Å²) in [6.45, 7) is 0.477. The third-order valence-electron chi connectivity index (χ3n) is 2.42. The zero-order valence-corrected chi connectivity index (χ0v) is 12.6. The van der Waals surface area contributed by atoms with E-state index < -0.39 is 12.7 Å². The molecule has 134 valence electrons. The molecule has 0 atom stereocenters. The summed E-state index contributed by atoms with van der Waals surface area (Å²) >= 11 is 0. The maximum atomic E-state index is 10.5. The molecule has 0 aliphatic heterocycles. The second-order valence-electron chi connectivity index (χ2n) is 4.57. The minimum Gasteiger partial charge on any atom is -0.460 e. The number of non-ortho nitro benzene ring substituents is 1. The first kappa shape index (κ1) is 19.6. The van der Waals surface area contributed by atoms with Crippen molar-refractivity contribution in [1.29, 1.82) is 0 Å². The average molecular weight is 376 g/mol. The van der Waals surface area contributed by atoms with Gasteiger partial charge >= 0.3 is 38.9 Å². The van der Waals surface area contributed by atoms with Gasteiger partial charge in [0.15, 0.2) is 12.7 Å². The van der Waals surface area contributed by atoms with E-state index in [1.165, 1.54) is 12.1 Å². The summed E-state index contributed by atoms with van der Waals surface area (Å²) in [5, 5.41) is 20.1. The first-order valence-electron chi connectivity index (χ1n) is 6.09. The predicted octanol–water partition coefficient (Wildman–Crippen LogP) is 5.02. The van der Waals surface area contributed by atoms with E-state index in [4.69, 9.17) is 0 Å². The van der Waals surface area contributed by atoms with Crippen LogP contribution in [0.2, 0.25) is 0 Å². The molecule has 0 saturated heterocycles. The van der Waals surface area contributed by atoms with Gasteiger partial charge in [0.2, 0.25) is 0 Å². The number of nitro groups is 1. The van der Waals surface area contributed by atoms with Gasteiger partial charge in [-0.3, -0.25) is 10.1 Å². The Balaban J connectivity index is 0.000000351. The molecule has 0 aliphatic rings. The fourth-order valence-electron chi connectivity index (χ4n) is 1.52. The third kappa shape index (κ3) is 9.57. The van der Waals surface area contributed by atoms with Crippen molar-refractivity contribution in [2.75, 3.05) is 0 Å². The minimum absolute atomic E-state index is 0.0658. The van der Waals surface area contributed by atoms with E-state index in [0.717, 1.165) is 5.56 Å². The first-order valence-corrected chi connectivity index (χ1v) is 8.12. The van der Waals surface area contributed by atoms with E-state index in [2.05, 4.69) is 0 Å². The Labute approximate surface area is 131 Å². The van der Waals surface area contributed by atoms with Crippen molar-refractivity contribution in [1.82, 2.24) is 0 Å². The standard InChI is InChI=1S/C12H10N2O3.F6P/c15-12-3-1-2-8-13(12)9-10-4-6-11(7-5-10)14(16)17;1-7(2,3,4,5)6/h1-8H,9H2;/q;-1/p+1. The van der Waals surface area contributed by atoms with Crippen LogP contribution < -0.4 is 4.57 Å². The molecule has 2 rings (SSSR count). The number of aromatic hydroxyl groups is 1. The number of hydrogen-bond donors (Lipinski definition) is 1. The second-order valence-corrected chi connectivity index (χ2v) is 6.49. The van der Waals surface area contributed by atoms with Crippen molar-refractivity contribution < 1.29 is 39.8 Å². The molecule has 1 N–H and O–H groups in total. The molecule has 0 aliphatic carbocycles. The normalized spacial score (nSPS) is 13.9. The van der Waals surface area contributed by atoms with Crippen LogP contribution in [-0.2, 0) is 6.54 Å². The van der Waals surface area contributed by atoms with Gasteiger partial charge in [-0.2, -0.15) is 4.57 Å². The van der Waals surface area contributed by atoms with Gasteiger partial charge in [-0.1, -0.05) is 0 Å². The molecule has 0 unspecified atom stereocenters. The summed E-state index contributed by atoms with van der Waals surface area (Å²) in [6, 6.07) is 11.4. The number of pyridine rings is 1. The molecule has 12 heteroatoms. The topological polar surface area (TPSA) is 67.2 Å². The number of hydrogen-bond acceptors (Lipinski definition) is 3. The Morgan fingerprint density at radius 3 is 1.92 bits per heavy atom. The molecular weight excluding hydrogens is 365 g/mol. The number of halogens is 6. The van der Waals surface area contributed by atoms with Crippen LogP contribution in [0.15, 0.2) is 48.7 Å². The Morgan fingerprint density at radius 1 is 1.00 bits per heavy atom. The molecule has 0 amide bonds. The predicted molar refractivity (Wildman–Crippen MR) is 74.1 cm³/mol. The van der Waals surface area contributed by atoms with Crippen LogP contribution in [0.1, 0.15) is 5.56 Å². The van der Waals surface area contributed by atoms with Crippen LogP contribution in [0, 0.1) is 10.1 Å². The van der Waals surface area contributed by atoms with Crippen LogP contribution in [0.3, 0.4) is 0 Å². The van der Waals surface area contributed by atoms with Crippen LogP contribution in [0.5, 0.6) is 5.88 Å². The van der Waals surface area contributed by atoms with E-state index >= 15 is 0 Å². The molecule has 0 fully saturated rings. The van der Waals surface area contributed by atoms with Crippen LogP contribution >= 0.6 is 7.81 Å². The molecule has 1 aromatic carbocycles. The van der Waals surface area contributed by atoms with E-state index in [9.17, 15) is 40.4 Å². The van der Waals surface area contributed by atoms with Crippen molar-refractivity contribution in [2.45, 2.75) is 6.54 Å². The minimum atomic E-state index is -10.7. The number of nitro benzene ring substituents is 1. The van der Waals surface area contributed by atoms with E-state index in [1.54, 1.807) is 35.0 Å². The van der Waals surface area contributed by atoms with Gasteiger partial charge in [-0.25, -0.2) is 0 Å². The number of aromatic nitrogens is 1. The van der Waals surface area contributed by atoms with Gasteiger partial charge < -0.3 is 5.11 Å². The molecule has 0 bridgehead atoms. The zero-order chi connectivity index (χ0) is 18.7. The summed E-state index contributed by atoms with van der Waals surface area (Å²) in [5.41, 5.74) is 0.957. The van der Waals surface area contributed by atoms with Crippen LogP contribution in [0.4, 0.5) is 30.9 Å². The molecule has 0 saturated carbocycles. The third-order valence-corrected chi connectivity index (χ3v) is 2.42. The molecule has 1 aromatic heterocycles. The van der Waals surface area contributed by atoms with Gasteiger partial charge in [-0.05, 0) is 18.2 Å². The average Bonchev–Trinajstić information content (AvgIpc) is 2.38. The largest absolute Gasteiger partial charge is 0.460 e. The molecular formula is C12H11F6N2O3P. The smallest absolute Gasteiger partial charge is 0.365 e. The Bertz CT molecular complexity index is 723. The maximum Gasteiger partial charge on any atom is 0.365 e. The zero-order valence-electron chi connectivity index (χ0n) is 11.7. The van der Waals surface area contributed by atoms with Gasteiger partial charge in [0.05, 0.1) is 11.0 Å². The SMILES string of the molecule is F[P-](F)(F)(F)(F)F.O=[N+]([O-])c1ccc(C[n+]2ccccc2O)cc1. The van der Waals surface area contributed by atoms with Crippen LogP contribution in [-0.4, -0.2) is 10.0 Å². The second kappa shape index (κ2) is 5.90. The van der Waals surface area contributed by atoms with E-state index in [1.807, 2.05) is 6.07 Å². The summed E-state index contributed by atoms with van der Waals surface area (Å²) in [6.07, 6.45) is 1.75. The van der Waals surface area contributed by atoms with Gasteiger partial charge in [-0.15, -0.1) is 0 Å². The van der Waals surface area contributed by atoms with Gasteiger partial charge in [0, 0.05) is 23.8 Å². The number of nitrogens with zero attached hydrogens (tertiary/aromatic N) is 2. The Kier molecular flexibility index (Phi) is 4.82. The van der Waals surface area contributed by atoms with E-state index in [0.29, 0.717) is 6.54 Å². The fraction of sp³-hybridized carbons (Fsp3) is 0.0833. The summed E-state index contributed by atoms with van der Waals surface area (Å²) in [5.74, 6) is 0.158. The number of rotatable bonds is 3. The molecule has 2 aromatic rings. The van der Waals surface area contributed by atoms with Gasteiger partial charge in [0.1, 0.15) is 0 Å². The van der Waals surface area contributed by atoms with E-state index in [-0.39, 0.29) is 11.6 Å². The van der Waals surface area contributed by atoms with Crippen molar-refractivity contribution in [3.63, 3.8) is 0 Å². The van der Waals surface area contributed by atoms with Gasteiger partial charge in [0.25, 0.3) is 5.69 Å². The summed E-state index contributed by atoms with van der Waals surface area (Å²) in [7, 11) is -10.7. The monoisotopic (exact) mass is 376 g/mol. The Hall–Kier alpha value is -2.42. The molecule has 24 heavy (non-hydrogen) atoms. The Morgan fingerprint density at radius 2 is 1.50 bits per heavy atom. The maximum absolute atomic E-state index is 10.7. The first-order chi connectivity index (χ1) is 10.6. The van der Waals surface area contributed by atoms with Crippen molar-refractivity contribution in [2.24, 2.45) is 0 Å². The van der Waals surface area contributed by atoms with Crippen molar-refractivity contribution in [3.8, 4) is 5.88 Å². The van der Waals surface area contributed by atoms with Crippen molar-refractivity contribution in [3.05, 3.63) is 64.3 Å². The molecule has 0 radical (unpaired) electrons. The fourth-order valence-corrected chi connectivity index (χ4v) is 1.52. The summed E-state index contributed by atoms with van der Waals surface area (Å²) in [4.78, 5) is 10.1. The number of benzene rings is 1. The quantitative estimate of drug-likeness (QED) is 0.269. The molecule has 5 nitrogen and oxygen atoms in total. The summed E-state index contributed by atoms with van der Waals surface area (Å²) < 4.78 is 60.8. The van der Waals surface area contributed by atoms with Crippen molar-refractivity contribution >= 4 is 13.5 Å².